The number of carboxylic acids is 1. The molecule has 1 atom stereocenters. The van der Waals surface area contributed by atoms with Gasteiger partial charge in [0.25, 0.3) is 0 Å². The third-order valence-electron chi connectivity index (χ3n) is 2.32. The van der Waals surface area contributed by atoms with E-state index in [4.69, 9.17) is 10.2 Å². The minimum Gasteiger partial charge on any atom is -0.480 e. The number of aryl methyl sites for hydroxylation is 1. The molecule has 7 heteroatoms. The first kappa shape index (κ1) is 14.9. The second-order valence-corrected chi connectivity index (χ2v) is 4.02. The van der Waals surface area contributed by atoms with Gasteiger partial charge in [-0.15, -0.1) is 0 Å². The maximum Gasteiger partial charge on any atom is 0.326 e. The van der Waals surface area contributed by atoms with Gasteiger partial charge in [0.05, 0.1) is 0 Å². The quantitative estimate of drug-likeness (QED) is 0.643. The molecule has 0 aliphatic carbocycles. The first-order chi connectivity index (χ1) is 8.92. The summed E-state index contributed by atoms with van der Waals surface area (Å²) in [6.07, 6.45) is -0.106. The number of aliphatic carboxylic acids is 1. The van der Waals surface area contributed by atoms with Gasteiger partial charge in [-0.1, -0.05) is 0 Å². The zero-order valence-electron chi connectivity index (χ0n) is 10.3. The van der Waals surface area contributed by atoms with Gasteiger partial charge in [0.2, 0.25) is 0 Å². The van der Waals surface area contributed by atoms with Gasteiger partial charge in [-0.25, -0.2) is 14.0 Å². The van der Waals surface area contributed by atoms with Gasteiger partial charge >= 0.3 is 12.0 Å². The van der Waals surface area contributed by atoms with Crippen LogP contribution in [0.2, 0.25) is 0 Å². The summed E-state index contributed by atoms with van der Waals surface area (Å²) in [4.78, 5) is 22.3. The lowest BCUT2D eigenvalue weighted by Gasteiger charge is -2.14. The maximum atomic E-state index is 13.1. The Morgan fingerprint density at radius 1 is 1.37 bits per heavy atom. The third kappa shape index (κ3) is 4.92. The Labute approximate surface area is 109 Å². The Balaban J connectivity index is 2.66. The molecule has 0 spiro atoms. The second kappa shape index (κ2) is 6.69. The predicted octanol–water partition coefficient (Wildman–Crippen LogP) is 1.09. The highest BCUT2D eigenvalue weighted by Crippen LogP contribution is 2.13. The van der Waals surface area contributed by atoms with Gasteiger partial charge in [0, 0.05) is 18.7 Å². The Hall–Kier alpha value is -2.15. The molecule has 1 aromatic carbocycles. The van der Waals surface area contributed by atoms with E-state index in [1.54, 1.807) is 13.0 Å². The van der Waals surface area contributed by atoms with Crippen LogP contribution in [0.1, 0.15) is 12.0 Å². The van der Waals surface area contributed by atoms with Gasteiger partial charge in [-0.05, 0) is 30.7 Å². The number of halogens is 1. The summed E-state index contributed by atoms with van der Waals surface area (Å²) >= 11 is 0. The number of amides is 2. The van der Waals surface area contributed by atoms with Crippen molar-refractivity contribution >= 4 is 17.7 Å². The van der Waals surface area contributed by atoms with Crippen LogP contribution in [-0.4, -0.2) is 34.9 Å². The predicted molar refractivity (Wildman–Crippen MR) is 66.4 cm³/mol. The maximum absolute atomic E-state index is 13.1. The van der Waals surface area contributed by atoms with Crippen molar-refractivity contribution in [3.05, 3.63) is 29.6 Å². The topological polar surface area (TPSA) is 98.7 Å². The van der Waals surface area contributed by atoms with Crippen molar-refractivity contribution < 1.29 is 24.2 Å². The molecular weight excluding hydrogens is 255 g/mol. The summed E-state index contributed by atoms with van der Waals surface area (Å²) in [5.41, 5.74) is 0.851. The van der Waals surface area contributed by atoms with Crippen molar-refractivity contribution in [2.24, 2.45) is 0 Å². The Morgan fingerprint density at radius 3 is 2.58 bits per heavy atom. The van der Waals surface area contributed by atoms with Crippen molar-refractivity contribution in [3.63, 3.8) is 0 Å². The molecule has 2 amide bonds. The summed E-state index contributed by atoms with van der Waals surface area (Å²) < 4.78 is 13.1. The van der Waals surface area contributed by atoms with E-state index in [0.717, 1.165) is 6.07 Å². The molecule has 1 aromatic rings. The van der Waals surface area contributed by atoms with Crippen molar-refractivity contribution in [2.75, 3.05) is 11.9 Å². The number of nitrogens with one attached hydrogen (secondary N) is 2. The molecule has 0 radical (unpaired) electrons. The number of rotatable bonds is 5. The van der Waals surface area contributed by atoms with Crippen LogP contribution in [0.15, 0.2) is 18.2 Å². The molecular formula is C12H15FN2O4. The molecule has 4 N–H and O–H groups in total. The molecule has 0 unspecified atom stereocenters. The molecule has 19 heavy (non-hydrogen) atoms. The molecule has 0 aromatic heterocycles. The lowest BCUT2D eigenvalue weighted by molar-refractivity contribution is -0.139. The third-order valence-corrected chi connectivity index (χ3v) is 2.32. The van der Waals surface area contributed by atoms with E-state index >= 15 is 0 Å². The van der Waals surface area contributed by atoms with Crippen LogP contribution in [-0.2, 0) is 4.79 Å². The molecule has 0 aliphatic rings. The highest BCUT2D eigenvalue weighted by Gasteiger charge is 2.19. The van der Waals surface area contributed by atoms with Crippen molar-refractivity contribution in [1.82, 2.24) is 5.32 Å². The average molecular weight is 270 g/mol. The number of carbonyl (C=O) groups is 2. The highest BCUT2D eigenvalue weighted by molar-refractivity contribution is 5.92. The molecule has 104 valence electrons. The summed E-state index contributed by atoms with van der Waals surface area (Å²) in [7, 11) is 0. The van der Waals surface area contributed by atoms with E-state index in [9.17, 15) is 14.0 Å². The molecule has 0 bridgehead atoms. The SMILES string of the molecule is Cc1cc(F)cc(NC(=O)N[C@H](CCO)C(=O)O)c1. The van der Waals surface area contributed by atoms with Crippen LogP contribution >= 0.6 is 0 Å². The van der Waals surface area contributed by atoms with Crippen molar-refractivity contribution in [1.29, 1.82) is 0 Å². The minimum absolute atomic E-state index is 0.106. The number of benzene rings is 1. The average Bonchev–Trinajstić information content (AvgIpc) is 2.26. The summed E-state index contributed by atoms with van der Waals surface area (Å²) in [6.45, 7) is 1.30. The second-order valence-electron chi connectivity index (χ2n) is 4.02. The van der Waals surface area contributed by atoms with E-state index in [1.165, 1.54) is 6.07 Å². The smallest absolute Gasteiger partial charge is 0.326 e. The monoisotopic (exact) mass is 270 g/mol. The van der Waals surface area contributed by atoms with Crippen LogP contribution in [0.5, 0.6) is 0 Å². The zero-order valence-corrected chi connectivity index (χ0v) is 10.3. The number of aliphatic hydroxyl groups excluding tert-OH is 1. The number of anilines is 1. The number of aliphatic hydroxyl groups is 1. The Bertz CT molecular complexity index is 459. The number of urea groups is 1. The number of carboxylic acid groups (broad SMARTS) is 1. The van der Waals surface area contributed by atoms with Crippen molar-refractivity contribution in [2.45, 2.75) is 19.4 Å². The first-order valence-corrected chi connectivity index (χ1v) is 5.60. The van der Waals surface area contributed by atoms with E-state index in [2.05, 4.69) is 10.6 Å². The lowest BCUT2D eigenvalue weighted by atomic mass is 10.2. The summed E-state index contributed by atoms with van der Waals surface area (Å²) in [5, 5.41) is 22.0. The minimum atomic E-state index is -1.25. The molecule has 0 saturated heterocycles. The lowest BCUT2D eigenvalue weighted by Crippen LogP contribution is -2.43. The van der Waals surface area contributed by atoms with Gasteiger partial charge in [-0.3, -0.25) is 0 Å². The van der Waals surface area contributed by atoms with Gasteiger partial charge in [-0.2, -0.15) is 0 Å². The molecule has 0 saturated carbocycles. The molecule has 1 rings (SSSR count). The van der Waals surface area contributed by atoms with Crippen LogP contribution in [0.4, 0.5) is 14.9 Å². The van der Waals surface area contributed by atoms with Gasteiger partial charge < -0.3 is 20.8 Å². The highest BCUT2D eigenvalue weighted by atomic mass is 19.1. The number of hydrogen-bond donors (Lipinski definition) is 4. The molecule has 0 aliphatic heterocycles. The van der Waals surface area contributed by atoms with Crippen LogP contribution in [0.25, 0.3) is 0 Å². The zero-order chi connectivity index (χ0) is 14.4. The fourth-order valence-electron chi connectivity index (χ4n) is 1.52. The van der Waals surface area contributed by atoms with Gasteiger partial charge in [0.15, 0.2) is 0 Å². The summed E-state index contributed by atoms with van der Waals surface area (Å²) in [6, 6.07) is 2.00. The van der Waals surface area contributed by atoms with Gasteiger partial charge in [0.1, 0.15) is 11.9 Å². The van der Waals surface area contributed by atoms with Crippen LogP contribution in [0, 0.1) is 12.7 Å². The number of hydrogen-bond acceptors (Lipinski definition) is 3. The molecule has 6 nitrogen and oxygen atoms in total. The van der Waals surface area contributed by atoms with Crippen LogP contribution < -0.4 is 10.6 Å². The Kier molecular flexibility index (Phi) is 5.25. The summed E-state index contributed by atoms with van der Waals surface area (Å²) in [5.74, 6) is -1.75. The largest absolute Gasteiger partial charge is 0.480 e. The molecule has 0 heterocycles. The Morgan fingerprint density at radius 2 is 2.05 bits per heavy atom. The van der Waals surface area contributed by atoms with E-state index in [0.29, 0.717) is 5.56 Å². The van der Waals surface area contributed by atoms with E-state index < -0.39 is 23.9 Å². The standard InChI is InChI=1S/C12H15FN2O4/c1-7-4-8(13)6-9(5-7)14-12(19)15-10(2-3-16)11(17)18/h4-6,10,16H,2-3H2,1H3,(H,17,18)(H2,14,15,19)/t10-/m1/s1. The fourth-order valence-corrected chi connectivity index (χ4v) is 1.52. The van der Waals surface area contributed by atoms with Crippen molar-refractivity contribution in [3.8, 4) is 0 Å². The van der Waals surface area contributed by atoms with E-state index in [-0.39, 0.29) is 18.7 Å². The normalized spacial score (nSPS) is 11.7. The first-order valence-electron chi connectivity index (χ1n) is 5.60. The number of carbonyl (C=O) groups excluding carboxylic acids is 1. The van der Waals surface area contributed by atoms with E-state index in [1.807, 2.05) is 0 Å². The van der Waals surface area contributed by atoms with Crippen LogP contribution in [0.3, 0.4) is 0 Å². The fraction of sp³-hybridized carbons (Fsp3) is 0.333. The molecule has 0 fully saturated rings.